The summed E-state index contributed by atoms with van der Waals surface area (Å²) in [6.45, 7) is 2.97. The zero-order valence-corrected chi connectivity index (χ0v) is 11.6. The average molecular weight is 289 g/mol. The van der Waals surface area contributed by atoms with Crippen LogP contribution in [0, 0.1) is 0 Å². The standard InChI is InChI=1S/C13H21F2N3O2/c1-2-7-19-8-10(16)11-17-12(20-18-11)9-3-5-13(14,15)6-4-9/h9-10H,2-8,16H2,1H3. The summed E-state index contributed by atoms with van der Waals surface area (Å²) in [6.07, 6.45) is 1.41. The van der Waals surface area contributed by atoms with Crippen LogP contribution >= 0.6 is 0 Å². The lowest BCUT2D eigenvalue weighted by atomic mass is 9.87. The van der Waals surface area contributed by atoms with Crippen LogP contribution in [0.15, 0.2) is 4.52 Å². The molecule has 7 heteroatoms. The lowest BCUT2D eigenvalue weighted by molar-refractivity contribution is -0.0402. The largest absolute Gasteiger partial charge is 0.379 e. The van der Waals surface area contributed by atoms with E-state index in [9.17, 15) is 8.78 Å². The number of hydrogen-bond acceptors (Lipinski definition) is 5. The fourth-order valence-electron chi connectivity index (χ4n) is 2.28. The molecule has 2 rings (SSSR count). The van der Waals surface area contributed by atoms with Crippen molar-refractivity contribution in [3.63, 3.8) is 0 Å². The van der Waals surface area contributed by atoms with Gasteiger partial charge in [-0.2, -0.15) is 4.98 Å². The van der Waals surface area contributed by atoms with Crippen LogP contribution in [-0.2, 0) is 4.74 Å². The SMILES string of the molecule is CCCOCC(N)c1noc(C2CCC(F)(F)CC2)n1. The number of nitrogens with zero attached hydrogens (tertiary/aromatic N) is 2. The van der Waals surface area contributed by atoms with Gasteiger partial charge in [0.05, 0.1) is 12.6 Å². The van der Waals surface area contributed by atoms with Gasteiger partial charge in [0.1, 0.15) is 0 Å². The molecule has 1 aliphatic rings. The van der Waals surface area contributed by atoms with Crippen molar-refractivity contribution in [1.82, 2.24) is 10.1 Å². The Morgan fingerprint density at radius 1 is 1.45 bits per heavy atom. The summed E-state index contributed by atoms with van der Waals surface area (Å²) in [7, 11) is 0. The third-order valence-electron chi connectivity index (χ3n) is 3.50. The van der Waals surface area contributed by atoms with E-state index in [0.717, 1.165) is 6.42 Å². The van der Waals surface area contributed by atoms with Crippen molar-refractivity contribution >= 4 is 0 Å². The van der Waals surface area contributed by atoms with Crippen LogP contribution in [-0.4, -0.2) is 29.3 Å². The third-order valence-corrected chi connectivity index (χ3v) is 3.50. The van der Waals surface area contributed by atoms with Gasteiger partial charge in [-0.15, -0.1) is 0 Å². The summed E-state index contributed by atoms with van der Waals surface area (Å²) < 4.78 is 36.7. The van der Waals surface area contributed by atoms with Crippen molar-refractivity contribution < 1.29 is 18.0 Å². The molecule has 0 spiro atoms. The zero-order valence-electron chi connectivity index (χ0n) is 11.6. The molecular weight excluding hydrogens is 268 g/mol. The molecule has 1 aromatic heterocycles. The second kappa shape index (κ2) is 6.58. The van der Waals surface area contributed by atoms with Crippen molar-refractivity contribution in [2.24, 2.45) is 5.73 Å². The smallest absolute Gasteiger partial charge is 0.248 e. The summed E-state index contributed by atoms with van der Waals surface area (Å²) in [5.74, 6) is -1.83. The highest BCUT2D eigenvalue weighted by Crippen LogP contribution is 2.40. The Balaban J connectivity index is 1.89. The van der Waals surface area contributed by atoms with Crippen LogP contribution in [0.5, 0.6) is 0 Å². The summed E-state index contributed by atoms with van der Waals surface area (Å²) in [5, 5.41) is 3.83. The monoisotopic (exact) mass is 289 g/mol. The van der Waals surface area contributed by atoms with E-state index in [1.54, 1.807) is 0 Å². The molecular formula is C13H21F2N3O2. The van der Waals surface area contributed by atoms with Crippen molar-refractivity contribution in [3.8, 4) is 0 Å². The maximum atomic E-state index is 13.1. The molecule has 1 heterocycles. The van der Waals surface area contributed by atoms with Crippen molar-refractivity contribution in [3.05, 3.63) is 11.7 Å². The van der Waals surface area contributed by atoms with E-state index in [4.69, 9.17) is 15.0 Å². The van der Waals surface area contributed by atoms with E-state index in [2.05, 4.69) is 10.1 Å². The van der Waals surface area contributed by atoms with Gasteiger partial charge < -0.3 is 15.0 Å². The van der Waals surface area contributed by atoms with Gasteiger partial charge in [0, 0.05) is 25.4 Å². The number of aromatic nitrogens is 2. The van der Waals surface area contributed by atoms with Gasteiger partial charge in [0.2, 0.25) is 11.8 Å². The van der Waals surface area contributed by atoms with Crippen molar-refractivity contribution in [2.75, 3.05) is 13.2 Å². The molecule has 5 nitrogen and oxygen atoms in total. The minimum atomic E-state index is -2.55. The lowest BCUT2D eigenvalue weighted by Gasteiger charge is -2.25. The predicted octanol–water partition coefficient (Wildman–Crippen LogP) is 2.79. The zero-order chi connectivity index (χ0) is 14.6. The third kappa shape index (κ3) is 3.96. The number of halogens is 2. The van der Waals surface area contributed by atoms with Crippen molar-refractivity contribution in [1.29, 1.82) is 0 Å². The van der Waals surface area contributed by atoms with Gasteiger partial charge in [-0.05, 0) is 19.3 Å². The van der Waals surface area contributed by atoms with Crippen LogP contribution in [0.2, 0.25) is 0 Å². The Hall–Kier alpha value is -1.08. The quantitative estimate of drug-likeness (QED) is 0.815. The Kier molecular flexibility index (Phi) is 5.04. The molecule has 20 heavy (non-hydrogen) atoms. The van der Waals surface area contributed by atoms with Gasteiger partial charge in [-0.3, -0.25) is 0 Å². The van der Waals surface area contributed by atoms with Gasteiger partial charge in [0.25, 0.3) is 0 Å². The fraction of sp³-hybridized carbons (Fsp3) is 0.846. The van der Waals surface area contributed by atoms with Gasteiger partial charge >= 0.3 is 0 Å². The molecule has 0 aliphatic heterocycles. The van der Waals surface area contributed by atoms with Crippen LogP contribution in [0.4, 0.5) is 8.78 Å². The Labute approximate surface area is 116 Å². The van der Waals surface area contributed by atoms with Gasteiger partial charge in [0.15, 0.2) is 5.82 Å². The Morgan fingerprint density at radius 2 is 2.15 bits per heavy atom. The number of ether oxygens (including phenoxy) is 1. The van der Waals surface area contributed by atoms with Crippen LogP contribution < -0.4 is 5.73 Å². The van der Waals surface area contributed by atoms with E-state index >= 15 is 0 Å². The lowest BCUT2D eigenvalue weighted by Crippen LogP contribution is -2.24. The molecule has 1 atom stereocenters. The number of hydrogen-bond donors (Lipinski definition) is 1. The first kappa shape index (κ1) is 15.3. The molecule has 1 aliphatic carbocycles. The normalized spacial score (nSPS) is 21.0. The van der Waals surface area contributed by atoms with E-state index < -0.39 is 12.0 Å². The summed E-state index contributed by atoms with van der Waals surface area (Å²) in [6, 6.07) is -0.441. The molecule has 2 N–H and O–H groups in total. The second-order valence-corrected chi connectivity index (χ2v) is 5.30. The molecule has 0 saturated heterocycles. The summed E-state index contributed by atoms with van der Waals surface area (Å²) in [4.78, 5) is 4.23. The highest BCUT2D eigenvalue weighted by Gasteiger charge is 2.37. The number of alkyl halides is 2. The molecule has 1 saturated carbocycles. The first-order chi connectivity index (χ1) is 9.52. The Morgan fingerprint density at radius 3 is 2.80 bits per heavy atom. The van der Waals surface area contributed by atoms with Crippen molar-refractivity contribution in [2.45, 2.75) is 56.9 Å². The van der Waals surface area contributed by atoms with E-state index in [1.165, 1.54) is 0 Å². The average Bonchev–Trinajstić information content (AvgIpc) is 2.88. The molecule has 0 bridgehead atoms. The minimum absolute atomic E-state index is 0.0837. The van der Waals surface area contributed by atoms with Gasteiger partial charge in [-0.25, -0.2) is 8.78 Å². The molecule has 1 aromatic rings. The number of nitrogens with two attached hydrogens (primary N) is 1. The summed E-state index contributed by atoms with van der Waals surface area (Å²) >= 11 is 0. The molecule has 0 radical (unpaired) electrons. The van der Waals surface area contributed by atoms with E-state index in [1.807, 2.05) is 6.92 Å². The maximum Gasteiger partial charge on any atom is 0.248 e. The number of rotatable bonds is 6. The minimum Gasteiger partial charge on any atom is -0.379 e. The highest BCUT2D eigenvalue weighted by atomic mass is 19.3. The van der Waals surface area contributed by atoms with E-state index in [0.29, 0.717) is 37.8 Å². The molecule has 114 valence electrons. The van der Waals surface area contributed by atoms with Crippen LogP contribution in [0.1, 0.15) is 62.7 Å². The van der Waals surface area contributed by atoms with Crippen LogP contribution in [0.25, 0.3) is 0 Å². The highest BCUT2D eigenvalue weighted by molar-refractivity contribution is 5.00. The maximum absolute atomic E-state index is 13.1. The van der Waals surface area contributed by atoms with Crippen LogP contribution in [0.3, 0.4) is 0 Å². The molecule has 1 fully saturated rings. The Bertz CT molecular complexity index is 416. The molecule has 1 unspecified atom stereocenters. The second-order valence-electron chi connectivity index (χ2n) is 5.30. The topological polar surface area (TPSA) is 74.2 Å². The van der Waals surface area contributed by atoms with E-state index in [-0.39, 0.29) is 18.8 Å². The van der Waals surface area contributed by atoms with Gasteiger partial charge in [-0.1, -0.05) is 12.1 Å². The summed E-state index contributed by atoms with van der Waals surface area (Å²) in [5.41, 5.74) is 5.89. The predicted molar refractivity (Wildman–Crippen MR) is 68.5 cm³/mol. The molecule has 0 amide bonds. The fourth-order valence-corrected chi connectivity index (χ4v) is 2.28. The first-order valence-corrected chi connectivity index (χ1v) is 7.06. The first-order valence-electron chi connectivity index (χ1n) is 7.06. The molecule has 0 aromatic carbocycles.